The van der Waals surface area contributed by atoms with Crippen LogP contribution in [0, 0.1) is 22.7 Å². The molecule has 0 amide bonds. The van der Waals surface area contributed by atoms with Gasteiger partial charge in [-0.05, 0) is 58.4 Å². The predicted molar refractivity (Wildman–Crippen MR) is 113 cm³/mol. The van der Waals surface area contributed by atoms with E-state index in [-0.39, 0.29) is 36.2 Å². The minimum absolute atomic E-state index is 0.0622. The van der Waals surface area contributed by atoms with Gasteiger partial charge in [-0.15, -0.1) is 11.6 Å². The highest BCUT2D eigenvalue weighted by Gasteiger charge is 2.80. The zero-order valence-electron chi connectivity index (χ0n) is 18.9. The Morgan fingerprint density at radius 2 is 1.94 bits per heavy atom. The molecule has 32 heavy (non-hydrogen) atoms. The smallest absolute Gasteiger partial charge is 0.182 e. The molecule has 5 rings (SSSR count). The number of Topliss-reactive ketones (excluding diaryl/α,β-unsaturated/α-hetero) is 2. The van der Waals surface area contributed by atoms with Crippen molar-refractivity contribution in [1.82, 2.24) is 0 Å². The van der Waals surface area contributed by atoms with E-state index in [0.717, 1.165) is 0 Å². The molecule has 0 unspecified atom stereocenters. The molecule has 0 radical (unpaired) electrons. The molecule has 8 heteroatoms. The highest BCUT2D eigenvalue weighted by atomic mass is 35.5. The van der Waals surface area contributed by atoms with E-state index in [1.165, 1.54) is 13.0 Å². The van der Waals surface area contributed by atoms with Gasteiger partial charge in [0.1, 0.15) is 0 Å². The van der Waals surface area contributed by atoms with Crippen LogP contribution in [0.3, 0.4) is 0 Å². The van der Waals surface area contributed by atoms with Crippen molar-refractivity contribution < 1.29 is 33.4 Å². The molecule has 0 aromatic carbocycles. The second kappa shape index (κ2) is 6.49. The Morgan fingerprint density at radius 1 is 1.25 bits per heavy atom. The molecule has 6 nitrogen and oxygen atoms in total. The molecule has 4 aliphatic carbocycles. The number of aliphatic hydroxyl groups is 1. The summed E-state index contributed by atoms with van der Waals surface area (Å²) in [7, 11) is 0. The first-order chi connectivity index (χ1) is 14.8. The van der Waals surface area contributed by atoms with Gasteiger partial charge in [-0.3, -0.25) is 14.4 Å². The van der Waals surface area contributed by atoms with Crippen molar-refractivity contribution in [3.8, 4) is 0 Å². The molecule has 0 bridgehead atoms. The van der Waals surface area contributed by atoms with Crippen LogP contribution in [0.4, 0.5) is 4.39 Å². The number of carbonyl (C=O) groups is 3. The number of ether oxygens (including phenoxy) is 2. The van der Waals surface area contributed by atoms with Gasteiger partial charge in [-0.1, -0.05) is 12.5 Å². The zero-order chi connectivity index (χ0) is 23.5. The van der Waals surface area contributed by atoms with E-state index in [1.54, 1.807) is 13.8 Å². The Morgan fingerprint density at radius 3 is 2.59 bits per heavy atom. The number of allylic oxidation sites excluding steroid dienone is 1. The number of rotatable bonds is 2. The number of alkyl halides is 2. The first kappa shape index (κ1) is 22.6. The topological polar surface area (TPSA) is 89.9 Å². The van der Waals surface area contributed by atoms with Gasteiger partial charge in [0.2, 0.25) is 0 Å². The van der Waals surface area contributed by atoms with E-state index < -0.39 is 51.8 Å². The first-order valence-corrected chi connectivity index (χ1v) is 11.9. The number of aliphatic hydroxyl groups excluding tert-OH is 1. The van der Waals surface area contributed by atoms with Crippen molar-refractivity contribution >= 4 is 29.0 Å². The third kappa shape index (κ3) is 2.34. The summed E-state index contributed by atoms with van der Waals surface area (Å²) in [6.07, 6.45) is 0.0178. The van der Waals surface area contributed by atoms with E-state index in [1.807, 2.05) is 6.92 Å². The fraction of sp³-hybridized carbons (Fsp3) is 0.792. The van der Waals surface area contributed by atoms with Gasteiger partial charge in [0, 0.05) is 11.3 Å². The maximum absolute atomic E-state index is 17.2. The average molecular weight is 469 g/mol. The fourth-order valence-electron chi connectivity index (χ4n) is 8.14. The van der Waals surface area contributed by atoms with E-state index in [2.05, 4.69) is 0 Å². The Hall–Kier alpha value is -1.15. The predicted octanol–water partition coefficient (Wildman–Crippen LogP) is 3.07. The number of halogens is 2. The van der Waals surface area contributed by atoms with Crippen LogP contribution < -0.4 is 0 Å². The third-order valence-electron chi connectivity index (χ3n) is 9.45. The molecular weight excluding hydrogens is 439 g/mol. The van der Waals surface area contributed by atoms with Crippen molar-refractivity contribution in [1.29, 1.82) is 0 Å². The van der Waals surface area contributed by atoms with Crippen molar-refractivity contribution in [2.24, 2.45) is 22.7 Å². The summed E-state index contributed by atoms with van der Waals surface area (Å²) >= 11 is 6.02. The van der Waals surface area contributed by atoms with Crippen molar-refractivity contribution in [3.05, 3.63) is 11.6 Å². The van der Waals surface area contributed by atoms with Gasteiger partial charge in [0.25, 0.3) is 0 Å². The lowest BCUT2D eigenvalue weighted by Crippen LogP contribution is -2.71. The van der Waals surface area contributed by atoms with Crippen molar-refractivity contribution in [2.45, 2.75) is 89.1 Å². The molecule has 1 N–H and O–H groups in total. The van der Waals surface area contributed by atoms with Crippen LogP contribution in [0.5, 0.6) is 0 Å². The molecule has 1 saturated heterocycles. The summed E-state index contributed by atoms with van der Waals surface area (Å²) in [5, 5.41) is 11.4. The van der Waals surface area contributed by atoms with Crippen LogP contribution in [0.2, 0.25) is 0 Å². The normalized spacial score (nSPS) is 51.4. The van der Waals surface area contributed by atoms with Gasteiger partial charge in [0.05, 0.1) is 29.9 Å². The standard InChI is InChI=1S/C24H30ClFO6/c1-20(2)31-19-9-15-14-6-5-12-7-13(27)8-16(28)22(12,4)23(14,26)17(29)10-21(15,3)24(19,32-20)18(30)11-25/h7,14-15,17,19,29H,5-6,8-11H2,1-4H3/t14-,15-,17-,19+,21-,22+,23-,24+/m0/s1. The van der Waals surface area contributed by atoms with Crippen molar-refractivity contribution in [3.63, 3.8) is 0 Å². The van der Waals surface area contributed by atoms with Crippen LogP contribution in [0.25, 0.3) is 0 Å². The number of carbonyl (C=O) groups excluding carboxylic acids is 3. The lowest BCUT2D eigenvalue weighted by atomic mass is 9.43. The quantitative estimate of drug-likeness (QED) is 0.495. The lowest BCUT2D eigenvalue weighted by molar-refractivity contribution is -0.247. The van der Waals surface area contributed by atoms with E-state index in [0.29, 0.717) is 24.8 Å². The number of ketones is 3. The van der Waals surface area contributed by atoms with Crippen molar-refractivity contribution in [2.75, 3.05) is 5.88 Å². The summed E-state index contributed by atoms with van der Waals surface area (Å²) in [4.78, 5) is 38.4. The van der Waals surface area contributed by atoms with Gasteiger partial charge >= 0.3 is 0 Å². The Bertz CT molecular complexity index is 962. The molecule has 3 saturated carbocycles. The summed E-state index contributed by atoms with van der Waals surface area (Å²) < 4.78 is 29.7. The molecule has 1 aliphatic heterocycles. The molecule has 8 atom stereocenters. The van der Waals surface area contributed by atoms with E-state index in [4.69, 9.17) is 21.1 Å². The summed E-state index contributed by atoms with van der Waals surface area (Å²) in [6.45, 7) is 6.89. The summed E-state index contributed by atoms with van der Waals surface area (Å²) in [5.41, 5.74) is -5.62. The minimum Gasteiger partial charge on any atom is -0.390 e. The maximum atomic E-state index is 17.2. The van der Waals surface area contributed by atoms with Gasteiger partial charge in [-0.2, -0.15) is 0 Å². The van der Waals surface area contributed by atoms with Crippen LogP contribution in [0.1, 0.15) is 59.8 Å². The van der Waals surface area contributed by atoms with Crippen LogP contribution in [-0.4, -0.2) is 57.6 Å². The number of hydrogen-bond acceptors (Lipinski definition) is 6. The molecule has 0 spiro atoms. The van der Waals surface area contributed by atoms with Crippen LogP contribution >= 0.6 is 11.6 Å². The second-order valence-corrected chi connectivity index (χ2v) is 11.4. The highest BCUT2D eigenvalue weighted by Crippen LogP contribution is 2.72. The highest BCUT2D eigenvalue weighted by molar-refractivity contribution is 6.29. The largest absolute Gasteiger partial charge is 0.390 e. The van der Waals surface area contributed by atoms with E-state index in [9.17, 15) is 19.5 Å². The molecule has 176 valence electrons. The Kier molecular flexibility index (Phi) is 4.59. The Balaban J connectivity index is 1.65. The van der Waals surface area contributed by atoms with E-state index >= 15 is 4.39 Å². The van der Waals surface area contributed by atoms with Gasteiger partial charge in [-0.25, -0.2) is 4.39 Å². The third-order valence-corrected chi connectivity index (χ3v) is 9.69. The molecule has 4 fully saturated rings. The van der Waals surface area contributed by atoms with Crippen LogP contribution in [0.15, 0.2) is 11.6 Å². The first-order valence-electron chi connectivity index (χ1n) is 11.4. The molecule has 1 heterocycles. The van der Waals surface area contributed by atoms with Gasteiger partial charge < -0.3 is 14.6 Å². The zero-order valence-corrected chi connectivity index (χ0v) is 19.6. The molecule has 0 aromatic heterocycles. The number of fused-ring (bicyclic) bond motifs is 7. The maximum Gasteiger partial charge on any atom is 0.182 e. The van der Waals surface area contributed by atoms with Gasteiger partial charge in [0.15, 0.2) is 34.4 Å². The average Bonchev–Trinajstić information content (AvgIpc) is 3.10. The summed E-state index contributed by atoms with van der Waals surface area (Å²) in [5.74, 6) is -3.43. The second-order valence-electron chi connectivity index (χ2n) is 11.2. The number of hydrogen-bond donors (Lipinski definition) is 1. The minimum atomic E-state index is -2.24. The molecule has 0 aromatic rings. The monoisotopic (exact) mass is 468 g/mol. The lowest BCUT2D eigenvalue weighted by Gasteiger charge is -2.62. The Labute approximate surface area is 191 Å². The van der Waals surface area contributed by atoms with Crippen LogP contribution in [-0.2, 0) is 23.9 Å². The summed E-state index contributed by atoms with van der Waals surface area (Å²) in [6, 6.07) is 0. The molecular formula is C24H30ClFO6. The molecule has 5 aliphatic rings. The SMILES string of the molecule is CC1(C)O[C@@H]2C[C@H]3[C@@H]4CCC5=CC(=O)CC(=O)[C@]5(C)[C@@]4(F)[C@@H](O)C[C@]3(C)[C@]2(C(=O)CCl)O1. The fourth-order valence-corrected chi connectivity index (χ4v) is 8.33.